The number of imidazole rings is 1. The number of methoxy groups -OCH3 is 1. The molecule has 1 saturated carbocycles. The van der Waals surface area contributed by atoms with Crippen LogP contribution in [-0.2, 0) is 11.8 Å². The zero-order valence-corrected chi connectivity index (χ0v) is 11.1. The second-order valence-corrected chi connectivity index (χ2v) is 5.24. The highest BCUT2D eigenvalue weighted by Gasteiger charge is 2.41. The van der Waals surface area contributed by atoms with Crippen molar-refractivity contribution in [1.82, 2.24) is 14.9 Å². The van der Waals surface area contributed by atoms with Crippen molar-refractivity contribution in [3.63, 3.8) is 0 Å². The number of nitrogens with zero attached hydrogens (tertiary/aromatic N) is 2. The normalized spacial score (nSPS) is 19.2. The summed E-state index contributed by atoms with van der Waals surface area (Å²) >= 11 is 0. The molecule has 4 heteroatoms. The van der Waals surface area contributed by atoms with Gasteiger partial charge in [-0.2, -0.15) is 0 Å². The molecule has 1 aromatic heterocycles. The maximum absolute atomic E-state index is 5.17. The predicted molar refractivity (Wildman–Crippen MR) is 67.8 cm³/mol. The minimum Gasteiger partial charge on any atom is -0.385 e. The second-order valence-electron chi connectivity index (χ2n) is 5.24. The van der Waals surface area contributed by atoms with Crippen molar-refractivity contribution in [2.24, 2.45) is 12.5 Å². The first-order chi connectivity index (χ1) is 8.17. The smallest absolute Gasteiger partial charge is 0.125 e. The lowest BCUT2D eigenvalue weighted by Gasteiger charge is -2.19. The van der Waals surface area contributed by atoms with Gasteiger partial charge in [-0.25, -0.2) is 4.98 Å². The van der Waals surface area contributed by atoms with Gasteiger partial charge in [0.1, 0.15) is 5.82 Å². The van der Waals surface area contributed by atoms with E-state index in [4.69, 9.17) is 4.74 Å². The van der Waals surface area contributed by atoms with Gasteiger partial charge in [0.15, 0.2) is 0 Å². The zero-order chi connectivity index (χ0) is 12.3. The third kappa shape index (κ3) is 3.07. The average molecular weight is 237 g/mol. The van der Waals surface area contributed by atoms with Crippen LogP contribution in [0, 0.1) is 5.41 Å². The van der Waals surface area contributed by atoms with E-state index in [-0.39, 0.29) is 0 Å². The number of hydrogen-bond acceptors (Lipinski definition) is 3. The van der Waals surface area contributed by atoms with Gasteiger partial charge in [0.05, 0.1) is 6.04 Å². The molecule has 0 radical (unpaired) electrons. The molecule has 0 aliphatic heterocycles. The van der Waals surface area contributed by atoms with Crippen LogP contribution >= 0.6 is 0 Å². The van der Waals surface area contributed by atoms with Gasteiger partial charge in [0, 0.05) is 39.7 Å². The zero-order valence-electron chi connectivity index (χ0n) is 11.1. The van der Waals surface area contributed by atoms with Gasteiger partial charge in [-0.15, -0.1) is 0 Å². The Morgan fingerprint density at radius 2 is 2.35 bits per heavy atom. The molecule has 0 amide bonds. The van der Waals surface area contributed by atoms with E-state index in [1.54, 1.807) is 7.11 Å². The molecule has 96 valence electrons. The molecule has 0 aromatic carbocycles. The number of aromatic nitrogens is 2. The Morgan fingerprint density at radius 1 is 1.59 bits per heavy atom. The first kappa shape index (κ1) is 12.6. The molecule has 0 saturated heterocycles. The van der Waals surface area contributed by atoms with Crippen molar-refractivity contribution in [1.29, 1.82) is 0 Å². The van der Waals surface area contributed by atoms with Gasteiger partial charge in [-0.05, 0) is 31.6 Å². The number of aryl methyl sites for hydroxylation is 1. The van der Waals surface area contributed by atoms with E-state index in [9.17, 15) is 0 Å². The first-order valence-electron chi connectivity index (χ1n) is 6.36. The third-order valence-corrected chi connectivity index (χ3v) is 3.82. The lowest BCUT2D eigenvalue weighted by molar-refractivity contribution is 0.170. The van der Waals surface area contributed by atoms with Crippen LogP contribution in [0.5, 0.6) is 0 Å². The fourth-order valence-electron chi connectivity index (χ4n) is 2.27. The molecule has 1 aromatic rings. The van der Waals surface area contributed by atoms with E-state index in [0.717, 1.165) is 19.0 Å². The lowest BCUT2D eigenvalue weighted by atomic mass is 10.0. The lowest BCUT2D eigenvalue weighted by Crippen LogP contribution is -2.29. The van der Waals surface area contributed by atoms with E-state index in [1.807, 2.05) is 19.4 Å². The molecular formula is C13H23N3O. The summed E-state index contributed by atoms with van der Waals surface area (Å²) in [5.41, 5.74) is 0.495. The average Bonchev–Trinajstić information content (AvgIpc) is 2.98. The Kier molecular flexibility index (Phi) is 3.84. The van der Waals surface area contributed by atoms with Crippen molar-refractivity contribution in [3.8, 4) is 0 Å². The Balaban J connectivity index is 1.80. The Morgan fingerprint density at radius 3 is 2.88 bits per heavy atom. The van der Waals surface area contributed by atoms with Gasteiger partial charge < -0.3 is 14.6 Å². The van der Waals surface area contributed by atoms with Crippen molar-refractivity contribution >= 4 is 0 Å². The molecule has 1 N–H and O–H groups in total. The summed E-state index contributed by atoms with van der Waals surface area (Å²) in [7, 11) is 3.82. The molecule has 4 nitrogen and oxygen atoms in total. The Hall–Kier alpha value is -0.870. The van der Waals surface area contributed by atoms with Crippen LogP contribution < -0.4 is 5.32 Å². The van der Waals surface area contributed by atoms with Crippen LogP contribution in [0.3, 0.4) is 0 Å². The number of hydrogen-bond donors (Lipinski definition) is 1. The fraction of sp³-hybridized carbons (Fsp3) is 0.769. The highest BCUT2D eigenvalue weighted by atomic mass is 16.5. The fourth-order valence-corrected chi connectivity index (χ4v) is 2.27. The summed E-state index contributed by atoms with van der Waals surface area (Å²) in [4.78, 5) is 4.37. The molecule has 1 aliphatic carbocycles. The van der Waals surface area contributed by atoms with Crippen LogP contribution in [0.1, 0.15) is 38.1 Å². The first-order valence-corrected chi connectivity index (χ1v) is 6.36. The molecule has 0 spiro atoms. The van der Waals surface area contributed by atoms with Gasteiger partial charge in [-0.3, -0.25) is 0 Å². The van der Waals surface area contributed by atoms with Gasteiger partial charge >= 0.3 is 0 Å². The highest BCUT2D eigenvalue weighted by molar-refractivity contribution is 5.00. The maximum atomic E-state index is 5.17. The topological polar surface area (TPSA) is 39.1 Å². The van der Waals surface area contributed by atoms with Gasteiger partial charge in [0.25, 0.3) is 0 Å². The molecule has 1 fully saturated rings. The molecule has 2 rings (SSSR count). The molecule has 1 atom stereocenters. The van der Waals surface area contributed by atoms with E-state index in [0.29, 0.717) is 11.5 Å². The molecular weight excluding hydrogens is 214 g/mol. The van der Waals surface area contributed by atoms with E-state index in [1.165, 1.54) is 19.3 Å². The highest BCUT2D eigenvalue weighted by Crippen LogP contribution is 2.48. The third-order valence-electron chi connectivity index (χ3n) is 3.82. The summed E-state index contributed by atoms with van der Waals surface area (Å²) in [5, 5.41) is 3.60. The van der Waals surface area contributed by atoms with Crippen LogP contribution in [0.4, 0.5) is 0 Å². The standard InChI is InChI=1S/C13H23N3O/c1-11(12-14-7-8-16(12)2)15-10-13(4-5-13)6-9-17-3/h7-8,11,15H,4-6,9-10H2,1-3H3. The van der Waals surface area contributed by atoms with E-state index < -0.39 is 0 Å². The van der Waals surface area contributed by atoms with Crippen LogP contribution in [0.15, 0.2) is 12.4 Å². The molecule has 1 heterocycles. The number of rotatable bonds is 7. The minimum atomic E-state index is 0.315. The molecule has 0 bridgehead atoms. The predicted octanol–water partition coefficient (Wildman–Crippen LogP) is 1.89. The van der Waals surface area contributed by atoms with Gasteiger partial charge in [0.2, 0.25) is 0 Å². The molecule has 1 aliphatic rings. The van der Waals surface area contributed by atoms with E-state index >= 15 is 0 Å². The Labute approximate surface area is 103 Å². The SMILES string of the molecule is COCCC1(CNC(C)c2nccn2C)CC1. The minimum absolute atomic E-state index is 0.315. The van der Waals surface area contributed by atoms with Crippen LogP contribution in [0.2, 0.25) is 0 Å². The van der Waals surface area contributed by atoms with E-state index in [2.05, 4.69) is 21.8 Å². The van der Waals surface area contributed by atoms with Crippen LogP contribution in [-0.4, -0.2) is 29.8 Å². The second kappa shape index (κ2) is 5.19. The molecule has 1 unspecified atom stereocenters. The number of nitrogens with one attached hydrogen (secondary N) is 1. The quantitative estimate of drug-likeness (QED) is 0.787. The largest absolute Gasteiger partial charge is 0.385 e. The number of ether oxygens (including phenoxy) is 1. The summed E-state index contributed by atoms with van der Waals surface area (Å²) in [5.74, 6) is 1.10. The van der Waals surface area contributed by atoms with Crippen molar-refractivity contribution in [2.75, 3.05) is 20.3 Å². The summed E-state index contributed by atoms with van der Waals surface area (Å²) < 4.78 is 7.25. The summed E-state index contributed by atoms with van der Waals surface area (Å²) in [6.45, 7) is 4.12. The summed E-state index contributed by atoms with van der Waals surface area (Å²) in [6, 6.07) is 0.315. The maximum Gasteiger partial charge on any atom is 0.125 e. The van der Waals surface area contributed by atoms with Crippen LogP contribution in [0.25, 0.3) is 0 Å². The summed E-state index contributed by atoms with van der Waals surface area (Å²) in [6.07, 6.45) is 7.67. The Bertz CT molecular complexity index is 357. The van der Waals surface area contributed by atoms with Gasteiger partial charge in [-0.1, -0.05) is 0 Å². The van der Waals surface area contributed by atoms with Crippen molar-refractivity contribution in [2.45, 2.75) is 32.2 Å². The van der Waals surface area contributed by atoms with Crippen molar-refractivity contribution < 1.29 is 4.74 Å². The molecule has 17 heavy (non-hydrogen) atoms. The van der Waals surface area contributed by atoms with Crippen molar-refractivity contribution in [3.05, 3.63) is 18.2 Å². The monoisotopic (exact) mass is 237 g/mol.